The normalized spacial score (nSPS) is 11.7. The average molecular weight is 309 g/mol. The molecule has 2 aromatic rings. The lowest BCUT2D eigenvalue weighted by Gasteiger charge is -2.09. The Hall–Kier alpha value is -1.63. The zero-order valence-electron chi connectivity index (χ0n) is 11.9. The van der Waals surface area contributed by atoms with Gasteiger partial charge in [0, 0.05) is 13.2 Å². The van der Waals surface area contributed by atoms with E-state index in [0.29, 0.717) is 31.1 Å². The lowest BCUT2D eigenvalue weighted by molar-refractivity contribution is 0.105. The van der Waals surface area contributed by atoms with Crippen molar-refractivity contribution in [2.75, 3.05) is 13.2 Å². The summed E-state index contributed by atoms with van der Waals surface area (Å²) in [6.45, 7) is 2.99. The Labute approximate surface area is 125 Å². The van der Waals surface area contributed by atoms with Crippen LogP contribution in [0.15, 0.2) is 52.0 Å². The zero-order valence-corrected chi connectivity index (χ0v) is 12.7. The average Bonchev–Trinajstić information content (AvgIpc) is 2.96. The molecule has 0 bridgehead atoms. The Morgan fingerprint density at radius 3 is 2.71 bits per heavy atom. The van der Waals surface area contributed by atoms with Gasteiger partial charge in [-0.05, 0) is 37.1 Å². The van der Waals surface area contributed by atoms with Gasteiger partial charge in [0.1, 0.15) is 12.4 Å². The summed E-state index contributed by atoms with van der Waals surface area (Å²) in [7, 11) is -3.45. The number of aryl methyl sites for hydroxylation is 1. The van der Waals surface area contributed by atoms with Crippen LogP contribution in [0, 0.1) is 6.92 Å². The molecule has 0 amide bonds. The quantitative estimate of drug-likeness (QED) is 0.761. The highest BCUT2D eigenvalue weighted by Crippen LogP contribution is 2.13. The highest BCUT2D eigenvalue weighted by atomic mass is 32.2. The van der Waals surface area contributed by atoms with Gasteiger partial charge < -0.3 is 9.15 Å². The van der Waals surface area contributed by atoms with Crippen molar-refractivity contribution in [1.29, 1.82) is 0 Å². The molecule has 6 heteroatoms. The van der Waals surface area contributed by atoms with Crippen LogP contribution < -0.4 is 4.72 Å². The molecule has 2 rings (SSSR count). The van der Waals surface area contributed by atoms with Gasteiger partial charge in [-0.15, -0.1) is 0 Å². The minimum Gasteiger partial charge on any atom is -0.467 e. The summed E-state index contributed by atoms with van der Waals surface area (Å²) in [6, 6.07) is 10.5. The van der Waals surface area contributed by atoms with Crippen LogP contribution in [0.2, 0.25) is 0 Å². The first-order valence-electron chi connectivity index (χ1n) is 6.75. The van der Waals surface area contributed by atoms with E-state index in [0.717, 1.165) is 11.3 Å². The van der Waals surface area contributed by atoms with Crippen LogP contribution in [0.5, 0.6) is 0 Å². The number of sulfonamides is 1. The summed E-state index contributed by atoms with van der Waals surface area (Å²) < 4.78 is 37.3. The molecule has 0 radical (unpaired) electrons. The second kappa shape index (κ2) is 7.40. The molecular formula is C15H19NO4S. The third-order valence-electron chi connectivity index (χ3n) is 2.97. The molecule has 0 spiro atoms. The van der Waals surface area contributed by atoms with Gasteiger partial charge in [0.15, 0.2) is 0 Å². The first-order chi connectivity index (χ1) is 10.1. The fraction of sp³-hybridized carbons (Fsp3) is 0.333. The molecule has 1 N–H and O–H groups in total. The molecule has 1 aromatic heterocycles. The van der Waals surface area contributed by atoms with Crippen molar-refractivity contribution >= 4 is 10.0 Å². The molecule has 0 fully saturated rings. The van der Waals surface area contributed by atoms with Crippen molar-refractivity contribution in [3.05, 3.63) is 54.0 Å². The van der Waals surface area contributed by atoms with E-state index in [9.17, 15) is 8.42 Å². The first kappa shape index (κ1) is 15.8. The number of rotatable bonds is 8. The molecule has 1 aromatic carbocycles. The van der Waals surface area contributed by atoms with E-state index in [1.54, 1.807) is 37.5 Å². The predicted molar refractivity (Wildman–Crippen MR) is 79.3 cm³/mol. The third-order valence-corrected chi connectivity index (χ3v) is 4.59. The van der Waals surface area contributed by atoms with E-state index >= 15 is 0 Å². The standard InChI is InChI=1S/C15H19NO4S/c1-13-6-2-3-8-15(13)21(17,18)16-9-5-10-19-12-14-7-4-11-20-14/h2-4,6-8,11,16H,5,9-10,12H2,1H3. The molecule has 0 saturated heterocycles. The van der Waals surface area contributed by atoms with Crippen LogP contribution >= 0.6 is 0 Å². The monoisotopic (exact) mass is 309 g/mol. The van der Waals surface area contributed by atoms with Crippen molar-refractivity contribution in [2.45, 2.75) is 24.8 Å². The van der Waals surface area contributed by atoms with E-state index in [1.807, 2.05) is 12.1 Å². The van der Waals surface area contributed by atoms with Gasteiger partial charge in [-0.3, -0.25) is 0 Å². The summed E-state index contributed by atoms with van der Waals surface area (Å²) in [4.78, 5) is 0.321. The molecule has 114 valence electrons. The molecule has 0 atom stereocenters. The van der Waals surface area contributed by atoms with Crippen LogP contribution in [0.1, 0.15) is 17.7 Å². The number of hydrogen-bond donors (Lipinski definition) is 1. The maximum Gasteiger partial charge on any atom is 0.240 e. The van der Waals surface area contributed by atoms with Crippen LogP contribution in [0.3, 0.4) is 0 Å². The third kappa shape index (κ3) is 4.70. The van der Waals surface area contributed by atoms with Crippen LogP contribution in [0.25, 0.3) is 0 Å². The number of nitrogens with one attached hydrogen (secondary N) is 1. The van der Waals surface area contributed by atoms with Gasteiger partial charge in [0.2, 0.25) is 10.0 Å². The minimum absolute atomic E-state index is 0.321. The Balaban J connectivity index is 1.72. The lowest BCUT2D eigenvalue weighted by Crippen LogP contribution is -2.26. The smallest absolute Gasteiger partial charge is 0.240 e. The van der Waals surface area contributed by atoms with Crippen LogP contribution in [0.4, 0.5) is 0 Å². The van der Waals surface area contributed by atoms with Crippen LogP contribution in [-0.4, -0.2) is 21.6 Å². The second-order valence-corrected chi connectivity index (χ2v) is 6.38. The lowest BCUT2D eigenvalue weighted by atomic mass is 10.2. The largest absolute Gasteiger partial charge is 0.467 e. The van der Waals surface area contributed by atoms with Crippen molar-refractivity contribution < 1.29 is 17.6 Å². The Morgan fingerprint density at radius 2 is 2.00 bits per heavy atom. The Kier molecular flexibility index (Phi) is 5.55. The number of hydrogen-bond acceptors (Lipinski definition) is 4. The Morgan fingerprint density at radius 1 is 1.19 bits per heavy atom. The highest BCUT2D eigenvalue weighted by Gasteiger charge is 2.14. The van der Waals surface area contributed by atoms with E-state index < -0.39 is 10.0 Å². The summed E-state index contributed by atoms with van der Waals surface area (Å²) in [6.07, 6.45) is 2.20. The van der Waals surface area contributed by atoms with Crippen LogP contribution in [-0.2, 0) is 21.4 Å². The van der Waals surface area contributed by atoms with Crippen molar-refractivity contribution in [3.63, 3.8) is 0 Å². The molecule has 0 saturated carbocycles. The van der Waals surface area contributed by atoms with Gasteiger partial charge in [-0.25, -0.2) is 13.1 Å². The van der Waals surface area contributed by atoms with Crippen molar-refractivity contribution in [2.24, 2.45) is 0 Å². The molecule has 0 aliphatic heterocycles. The molecule has 21 heavy (non-hydrogen) atoms. The van der Waals surface area contributed by atoms with Crippen molar-refractivity contribution in [3.8, 4) is 0 Å². The molecule has 1 heterocycles. The van der Waals surface area contributed by atoms with Gasteiger partial charge >= 0.3 is 0 Å². The van der Waals surface area contributed by atoms with Gasteiger partial charge in [0.25, 0.3) is 0 Å². The zero-order chi connectivity index (χ0) is 15.1. The minimum atomic E-state index is -3.45. The van der Waals surface area contributed by atoms with E-state index in [-0.39, 0.29) is 0 Å². The molecule has 5 nitrogen and oxygen atoms in total. The Bertz CT molecular complexity index is 650. The molecule has 0 aliphatic rings. The number of furan rings is 1. The molecular weight excluding hydrogens is 290 g/mol. The number of benzene rings is 1. The van der Waals surface area contributed by atoms with E-state index in [2.05, 4.69) is 4.72 Å². The topological polar surface area (TPSA) is 68.5 Å². The fourth-order valence-corrected chi connectivity index (χ4v) is 3.20. The van der Waals surface area contributed by atoms with E-state index in [1.165, 1.54) is 0 Å². The summed E-state index contributed by atoms with van der Waals surface area (Å²) in [5.74, 6) is 0.760. The maximum atomic E-state index is 12.1. The van der Waals surface area contributed by atoms with E-state index in [4.69, 9.17) is 9.15 Å². The predicted octanol–water partition coefficient (Wildman–Crippen LogP) is 2.47. The van der Waals surface area contributed by atoms with Gasteiger partial charge in [0.05, 0.1) is 11.2 Å². The summed E-state index contributed by atoms with van der Waals surface area (Å²) in [5, 5.41) is 0. The highest BCUT2D eigenvalue weighted by molar-refractivity contribution is 7.89. The van der Waals surface area contributed by atoms with Gasteiger partial charge in [-0.2, -0.15) is 0 Å². The molecule has 0 aliphatic carbocycles. The molecule has 0 unspecified atom stereocenters. The second-order valence-electron chi connectivity index (χ2n) is 4.65. The fourth-order valence-electron chi connectivity index (χ4n) is 1.88. The number of ether oxygens (including phenoxy) is 1. The summed E-state index contributed by atoms with van der Waals surface area (Å²) >= 11 is 0. The first-order valence-corrected chi connectivity index (χ1v) is 8.23. The maximum absolute atomic E-state index is 12.1. The SMILES string of the molecule is Cc1ccccc1S(=O)(=O)NCCCOCc1ccco1. The van der Waals surface area contributed by atoms with Crippen molar-refractivity contribution in [1.82, 2.24) is 4.72 Å². The van der Waals surface area contributed by atoms with Gasteiger partial charge in [-0.1, -0.05) is 18.2 Å². The summed E-state index contributed by atoms with van der Waals surface area (Å²) in [5.41, 5.74) is 0.735.